The van der Waals surface area contributed by atoms with E-state index in [0.29, 0.717) is 23.9 Å². The van der Waals surface area contributed by atoms with Crippen LogP contribution in [0.25, 0.3) is 0 Å². The van der Waals surface area contributed by atoms with Crippen LogP contribution in [-0.4, -0.2) is 49.0 Å². The van der Waals surface area contributed by atoms with Crippen molar-refractivity contribution in [2.75, 3.05) is 26.8 Å². The number of ether oxygens (including phenoxy) is 2. The number of nitrogens with zero attached hydrogens (tertiary/aromatic N) is 2. The highest BCUT2D eigenvalue weighted by atomic mass is 32.2. The Morgan fingerprint density at radius 2 is 2.29 bits per heavy atom. The van der Waals surface area contributed by atoms with Crippen molar-refractivity contribution in [1.82, 2.24) is 8.68 Å². The van der Waals surface area contributed by atoms with E-state index in [1.165, 1.54) is 11.4 Å². The van der Waals surface area contributed by atoms with Crippen molar-refractivity contribution in [3.05, 3.63) is 40.8 Å². The van der Waals surface area contributed by atoms with Crippen LogP contribution in [0.2, 0.25) is 0 Å². The van der Waals surface area contributed by atoms with Gasteiger partial charge in [-0.15, -0.1) is 0 Å². The van der Waals surface area contributed by atoms with E-state index < -0.39 is 16.1 Å². The third kappa shape index (κ3) is 3.86. The lowest BCUT2D eigenvalue weighted by Crippen LogP contribution is -2.42. The number of rotatable bonds is 5. The molecule has 0 spiro atoms. The first kappa shape index (κ1) is 17.2. The van der Waals surface area contributed by atoms with Crippen molar-refractivity contribution in [2.24, 2.45) is 0 Å². The predicted octanol–water partition coefficient (Wildman–Crippen LogP) is 1.76. The summed E-state index contributed by atoms with van der Waals surface area (Å²) in [5.41, 5.74) is 0.759. The van der Waals surface area contributed by atoms with Gasteiger partial charge in [0, 0.05) is 24.0 Å². The molecule has 24 heavy (non-hydrogen) atoms. The number of methoxy groups -OCH3 is 1. The molecule has 1 unspecified atom stereocenters. The summed E-state index contributed by atoms with van der Waals surface area (Å²) in [6.45, 7) is 0.848. The highest BCUT2D eigenvalue weighted by Crippen LogP contribution is 2.28. The van der Waals surface area contributed by atoms with Crippen LogP contribution < -0.4 is 4.74 Å². The third-order valence-corrected chi connectivity index (χ3v) is 6.48. The summed E-state index contributed by atoms with van der Waals surface area (Å²) in [7, 11) is -1.98. The summed E-state index contributed by atoms with van der Waals surface area (Å²) >= 11 is 1.12. The highest BCUT2D eigenvalue weighted by molar-refractivity contribution is 7.88. The summed E-state index contributed by atoms with van der Waals surface area (Å²) in [6, 6.07) is 8.32. The van der Waals surface area contributed by atoms with Gasteiger partial charge >= 0.3 is 0 Å². The first-order valence-electron chi connectivity index (χ1n) is 7.36. The summed E-state index contributed by atoms with van der Waals surface area (Å²) in [6.07, 6.45) is -0.392. The second-order valence-corrected chi connectivity index (χ2v) is 8.26. The molecule has 1 fully saturated rings. The minimum atomic E-state index is -3.48. The molecule has 0 aliphatic carbocycles. The Kier molecular flexibility index (Phi) is 5.04. The van der Waals surface area contributed by atoms with E-state index in [1.54, 1.807) is 24.3 Å². The molecule has 2 aromatic rings. The molecule has 1 saturated heterocycles. The van der Waals surface area contributed by atoms with E-state index in [9.17, 15) is 13.5 Å². The highest BCUT2D eigenvalue weighted by Gasteiger charge is 2.31. The van der Waals surface area contributed by atoms with E-state index in [4.69, 9.17) is 9.47 Å². The van der Waals surface area contributed by atoms with Crippen LogP contribution in [0.3, 0.4) is 0 Å². The van der Waals surface area contributed by atoms with Crippen molar-refractivity contribution in [1.29, 1.82) is 0 Å². The van der Waals surface area contributed by atoms with Crippen LogP contribution >= 0.6 is 11.5 Å². The monoisotopic (exact) mass is 370 g/mol. The molecule has 1 aromatic heterocycles. The molecule has 0 radical (unpaired) electrons. The average molecular weight is 370 g/mol. The number of hydrogen-bond acceptors (Lipinski definition) is 7. The van der Waals surface area contributed by atoms with E-state index in [2.05, 4.69) is 4.37 Å². The molecule has 1 aliphatic heterocycles. The minimum absolute atomic E-state index is 0.110. The number of sulfonamides is 1. The normalized spacial score (nSPS) is 19.3. The topological polar surface area (TPSA) is 89.0 Å². The fourth-order valence-electron chi connectivity index (χ4n) is 2.53. The van der Waals surface area contributed by atoms with Crippen molar-refractivity contribution in [3.8, 4) is 11.6 Å². The zero-order valence-electron chi connectivity index (χ0n) is 13.1. The van der Waals surface area contributed by atoms with Crippen LogP contribution in [-0.2, 0) is 20.5 Å². The van der Waals surface area contributed by atoms with Crippen LogP contribution in [0.15, 0.2) is 30.3 Å². The standard InChI is InChI=1S/C15H18N2O5S2/c1-21-15-8-13(23-16-15)10-24(19,20)17-5-6-22-14(9-17)11-3-2-4-12(18)7-11/h2-4,7-8,14,18H,5-6,9-10H2,1H3. The molecule has 7 nitrogen and oxygen atoms in total. The maximum absolute atomic E-state index is 12.7. The average Bonchev–Trinajstić information content (AvgIpc) is 3.02. The summed E-state index contributed by atoms with van der Waals surface area (Å²) in [5.74, 6) is 0.443. The molecule has 3 rings (SSSR count). The number of aromatic hydroxyl groups is 1. The fraction of sp³-hybridized carbons (Fsp3) is 0.400. The van der Waals surface area contributed by atoms with Crippen molar-refractivity contribution in [3.63, 3.8) is 0 Å². The second kappa shape index (κ2) is 7.06. The van der Waals surface area contributed by atoms with Crippen molar-refractivity contribution >= 4 is 21.6 Å². The molecule has 1 atom stereocenters. The Labute approximate surface area is 144 Å². The molecule has 1 N–H and O–H groups in total. The van der Waals surface area contributed by atoms with E-state index in [1.807, 2.05) is 6.07 Å². The smallest absolute Gasteiger partial charge is 0.225 e. The van der Waals surface area contributed by atoms with Crippen LogP contribution in [0, 0.1) is 0 Å². The zero-order chi connectivity index (χ0) is 17.2. The number of aromatic nitrogens is 1. The number of phenols is 1. The minimum Gasteiger partial charge on any atom is -0.508 e. The van der Waals surface area contributed by atoms with Crippen molar-refractivity contribution < 1.29 is 23.0 Å². The quantitative estimate of drug-likeness (QED) is 0.863. The van der Waals surface area contributed by atoms with Gasteiger partial charge in [-0.1, -0.05) is 12.1 Å². The van der Waals surface area contributed by atoms with Gasteiger partial charge < -0.3 is 14.6 Å². The van der Waals surface area contributed by atoms with Gasteiger partial charge in [0.1, 0.15) is 11.5 Å². The van der Waals surface area contributed by atoms with Crippen molar-refractivity contribution in [2.45, 2.75) is 11.9 Å². The Morgan fingerprint density at radius 3 is 3.00 bits per heavy atom. The van der Waals surface area contributed by atoms with Gasteiger partial charge in [0.05, 0.1) is 19.8 Å². The molecular weight excluding hydrogens is 352 g/mol. The Balaban J connectivity index is 1.73. The summed E-state index contributed by atoms with van der Waals surface area (Å²) in [4.78, 5) is 0.632. The Morgan fingerprint density at radius 1 is 1.46 bits per heavy atom. The third-order valence-electron chi connectivity index (χ3n) is 3.74. The number of benzene rings is 1. The van der Waals surface area contributed by atoms with Gasteiger partial charge in [-0.3, -0.25) is 0 Å². The molecule has 0 saturated carbocycles. The number of phenolic OH excluding ortho intramolecular Hbond substituents is 1. The molecule has 0 amide bonds. The molecule has 2 heterocycles. The molecule has 9 heteroatoms. The number of morpholine rings is 1. The lowest BCUT2D eigenvalue weighted by Gasteiger charge is -2.32. The molecular formula is C15H18N2O5S2. The molecule has 1 aliphatic rings. The lowest BCUT2D eigenvalue weighted by atomic mass is 10.1. The predicted molar refractivity (Wildman–Crippen MR) is 89.7 cm³/mol. The van der Waals surface area contributed by atoms with Gasteiger partial charge in [-0.2, -0.15) is 8.68 Å². The van der Waals surface area contributed by atoms with Crippen LogP contribution in [0.4, 0.5) is 0 Å². The largest absolute Gasteiger partial charge is 0.508 e. The molecule has 0 bridgehead atoms. The van der Waals surface area contributed by atoms with Gasteiger partial charge in [0.25, 0.3) is 0 Å². The summed E-state index contributed by atoms with van der Waals surface area (Å²) in [5, 5.41) is 9.59. The van der Waals surface area contributed by atoms with Gasteiger partial charge in [-0.05, 0) is 29.2 Å². The first-order valence-corrected chi connectivity index (χ1v) is 9.74. The van der Waals surface area contributed by atoms with Gasteiger partial charge in [-0.25, -0.2) is 8.42 Å². The number of hydrogen-bond donors (Lipinski definition) is 1. The first-order chi connectivity index (χ1) is 11.5. The molecule has 130 valence electrons. The Bertz CT molecular complexity index is 806. The van der Waals surface area contributed by atoms with E-state index in [-0.39, 0.29) is 18.0 Å². The SMILES string of the molecule is COc1cc(CS(=O)(=O)N2CCOC(c3cccc(O)c3)C2)sn1. The van der Waals surface area contributed by atoms with E-state index >= 15 is 0 Å². The Hall–Kier alpha value is -1.68. The second-order valence-electron chi connectivity index (χ2n) is 5.40. The van der Waals surface area contributed by atoms with Gasteiger partial charge in [0.2, 0.25) is 15.9 Å². The summed E-state index contributed by atoms with van der Waals surface area (Å²) < 4.78 is 41.4. The fourth-order valence-corrected chi connectivity index (χ4v) is 5.02. The van der Waals surface area contributed by atoms with Crippen LogP contribution in [0.1, 0.15) is 16.5 Å². The maximum atomic E-state index is 12.7. The lowest BCUT2D eigenvalue weighted by molar-refractivity contribution is -0.00268. The zero-order valence-corrected chi connectivity index (χ0v) is 14.7. The molecule has 1 aromatic carbocycles. The van der Waals surface area contributed by atoms with Crippen LogP contribution in [0.5, 0.6) is 11.6 Å². The maximum Gasteiger partial charge on any atom is 0.225 e. The van der Waals surface area contributed by atoms with Gasteiger partial charge in [0.15, 0.2) is 0 Å². The van der Waals surface area contributed by atoms with E-state index in [0.717, 1.165) is 17.1 Å².